The highest BCUT2D eigenvalue weighted by Gasteiger charge is 2.16. The van der Waals surface area contributed by atoms with Crippen LogP contribution < -0.4 is 4.90 Å². The number of aromatic nitrogens is 1. The summed E-state index contributed by atoms with van der Waals surface area (Å²) in [5, 5.41) is 5.20. The zero-order valence-corrected chi connectivity index (χ0v) is 31.4. The average molecular weight is 703 g/mol. The lowest BCUT2D eigenvalue weighted by Gasteiger charge is -2.27. The molecule has 0 saturated carbocycles. The van der Waals surface area contributed by atoms with Crippen LogP contribution in [0.25, 0.3) is 69.9 Å². The molecule has 0 N–H and O–H groups in total. The van der Waals surface area contributed by atoms with Crippen molar-refractivity contribution < 1.29 is 0 Å². The minimum Gasteiger partial charge on any atom is -0.311 e. The van der Waals surface area contributed by atoms with Gasteiger partial charge in [0.25, 0.3) is 0 Å². The Labute approximate surface area is 316 Å². The molecule has 7 aromatic carbocycles. The van der Waals surface area contributed by atoms with Gasteiger partial charge in [0.15, 0.2) is 0 Å². The highest BCUT2D eigenvalue weighted by atomic mass is 32.1. The third-order valence-electron chi connectivity index (χ3n) is 9.90. The van der Waals surface area contributed by atoms with Gasteiger partial charge >= 0.3 is 0 Å². The highest BCUT2D eigenvalue weighted by Crippen LogP contribution is 2.41. The van der Waals surface area contributed by atoms with E-state index in [-0.39, 0.29) is 0 Å². The Bertz CT molecular complexity index is 2690. The molecule has 0 atom stereocenters. The second-order valence-electron chi connectivity index (χ2n) is 12.8. The van der Waals surface area contributed by atoms with E-state index in [1.54, 1.807) is 0 Å². The maximum Gasteiger partial charge on any atom is 0.0541 e. The molecule has 2 heterocycles. The molecule has 0 fully saturated rings. The predicted octanol–water partition coefficient (Wildman–Crippen LogP) is 15.1. The lowest BCUT2D eigenvalue weighted by Crippen LogP contribution is -2.15. The van der Waals surface area contributed by atoms with Crippen LogP contribution in [-0.2, 0) is 0 Å². The highest BCUT2D eigenvalue weighted by molar-refractivity contribution is 7.26. The van der Waals surface area contributed by atoms with Crippen molar-refractivity contribution in [2.24, 2.45) is 0 Å². The summed E-state index contributed by atoms with van der Waals surface area (Å²) in [4.78, 5) is 2.33. The van der Waals surface area contributed by atoms with Crippen LogP contribution >= 0.6 is 11.3 Å². The number of thiophene rings is 1. The van der Waals surface area contributed by atoms with Crippen molar-refractivity contribution in [3.8, 4) is 27.9 Å². The number of anilines is 2. The van der Waals surface area contributed by atoms with Crippen molar-refractivity contribution in [2.45, 2.75) is 27.7 Å². The normalized spacial score (nSPS) is 11.8. The minimum atomic E-state index is 1.12. The standard InChI is InChI=1S/C48H36N2S.C2H6/c1-3-12-36(4-2)49(38-31-25-35(26-32-38)40-16-11-17-44-43-15-7-10-20-47(43)51-48(40)44)37-27-21-33(22-28-37)34-23-29-39(30-24-34)50-45-18-8-5-13-41(45)42-14-6-9-19-46(42)50;1-2/h3-32H,1-2H3;1-2H3/b12-3-,36-4+;. The molecule has 0 unspecified atom stereocenters. The number of fused-ring (bicyclic) bond motifs is 6. The Hall–Kier alpha value is -6.16. The Kier molecular flexibility index (Phi) is 9.50. The number of para-hydroxylation sites is 2. The van der Waals surface area contributed by atoms with E-state index >= 15 is 0 Å². The summed E-state index contributed by atoms with van der Waals surface area (Å²) in [5.74, 6) is 0. The van der Waals surface area contributed by atoms with Gasteiger partial charge in [0.1, 0.15) is 0 Å². The van der Waals surface area contributed by atoms with Gasteiger partial charge in [-0.2, -0.15) is 0 Å². The molecule has 0 aliphatic rings. The van der Waals surface area contributed by atoms with Gasteiger partial charge in [0.2, 0.25) is 0 Å². The predicted molar refractivity (Wildman–Crippen MR) is 233 cm³/mol. The van der Waals surface area contributed by atoms with E-state index in [1.807, 2.05) is 25.2 Å². The molecule has 9 aromatic rings. The Morgan fingerprint density at radius 1 is 0.509 bits per heavy atom. The molecule has 3 heteroatoms. The fraction of sp³-hybridized carbons (Fsp3) is 0.0800. The number of nitrogens with zero attached hydrogens (tertiary/aromatic N) is 2. The van der Waals surface area contributed by atoms with Gasteiger partial charge in [-0.05, 0) is 96.8 Å². The van der Waals surface area contributed by atoms with Crippen LogP contribution in [0.4, 0.5) is 11.4 Å². The molecule has 0 radical (unpaired) electrons. The molecule has 0 spiro atoms. The van der Waals surface area contributed by atoms with Crippen molar-refractivity contribution in [1.29, 1.82) is 0 Å². The van der Waals surface area contributed by atoms with E-state index < -0.39 is 0 Å². The molecule has 53 heavy (non-hydrogen) atoms. The van der Waals surface area contributed by atoms with E-state index in [2.05, 4.69) is 205 Å². The molecule has 2 nitrogen and oxygen atoms in total. The second kappa shape index (κ2) is 14.8. The minimum absolute atomic E-state index is 1.12. The molecule has 0 aliphatic heterocycles. The van der Waals surface area contributed by atoms with Crippen LogP contribution in [0.5, 0.6) is 0 Å². The maximum absolute atomic E-state index is 2.36. The van der Waals surface area contributed by atoms with Crippen LogP contribution in [0.1, 0.15) is 27.7 Å². The summed E-state index contributed by atoms with van der Waals surface area (Å²) in [6, 6.07) is 59.6. The summed E-state index contributed by atoms with van der Waals surface area (Å²) in [7, 11) is 0. The van der Waals surface area contributed by atoms with Crippen LogP contribution in [0.3, 0.4) is 0 Å². The quantitative estimate of drug-likeness (QED) is 0.150. The second-order valence-corrected chi connectivity index (χ2v) is 13.9. The van der Waals surface area contributed by atoms with Gasteiger partial charge in [-0.15, -0.1) is 11.3 Å². The fourth-order valence-electron chi connectivity index (χ4n) is 7.49. The maximum atomic E-state index is 2.36. The first-order valence-electron chi connectivity index (χ1n) is 18.5. The van der Waals surface area contributed by atoms with Crippen molar-refractivity contribution in [2.75, 3.05) is 4.90 Å². The number of rotatable bonds is 7. The smallest absolute Gasteiger partial charge is 0.0541 e. The van der Waals surface area contributed by atoms with E-state index in [4.69, 9.17) is 0 Å². The van der Waals surface area contributed by atoms with Gasteiger partial charge in [-0.25, -0.2) is 0 Å². The van der Waals surface area contributed by atoms with E-state index in [0.717, 1.165) is 22.8 Å². The zero-order chi connectivity index (χ0) is 36.3. The van der Waals surface area contributed by atoms with E-state index in [1.165, 1.54) is 64.2 Å². The molecule has 0 amide bonds. The van der Waals surface area contributed by atoms with Crippen molar-refractivity contribution in [3.05, 3.63) is 188 Å². The third-order valence-corrected chi connectivity index (χ3v) is 11.1. The lowest BCUT2D eigenvalue weighted by molar-refractivity contribution is 1.18. The summed E-state index contributed by atoms with van der Waals surface area (Å²) >= 11 is 1.88. The van der Waals surface area contributed by atoms with E-state index in [9.17, 15) is 0 Å². The molecular formula is C50H42N2S. The fourth-order valence-corrected chi connectivity index (χ4v) is 8.73. The Morgan fingerprint density at radius 2 is 1.02 bits per heavy atom. The van der Waals surface area contributed by atoms with Gasteiger partial charge < -0.3 is 9.47 Å². The van der Waals surface area contributed by atoms with Crippen molar-refractivity contribution in [1.82, 2.24) is 4.57 Å². The van der Waals surface area contributed by atoms with Crippen molar-refractivity contribution in [3.63, 3.8) is 0 Å². The average Bonchev–Trinajstić information content (AvgIpc) is 3.78. The molecular weight excluding hydrogens is 661 g/mol. The molecule has 0 saturated heterocycles. The first kappa shape index (κ1) is 34.0. The summed E-state index contributed by atoms with van der Waals surface area (Å²) in [6.45, 7) is 8.18. The Morgan fingerprint density at radius 3 is 1.60 bits per heavy atom. The van der Waals surface area contributed by atoms with Gasteiger partial charge in [0.05, 0.1) is 11.0 Å². The topological polar surface area (TPSA) is 8.17 Å². The third kappa shape index (κ3) is 6.13. The van der Waals surface area contributed by atoms with Gasteiger partial charge in [-0.3, -0.25) is 0 Å². The van der Waals surface area contributed by atoms with Gasteiger partial charge in [0, 0.05) is 53.7 Å². The summed E-state index contributed by atoms with van der Waals surface area (Å²) in [6.07, 6.45) is 6.45. The number of benzene rings is 7. The van der Waals surface area contributed by atoms with Crippen LogP contribution in [-0.4, -0.2) is 4.57 Å². The summed E-state index contributed by atoms with van der Waals surface area (Å²) in [5.41, 5.74) is 11.9. The van der Waals surface area contributed by atoms with Crippen LogP contribution in [0, 0.1) is 0 Å². The molecule has 258 valence electrons. The van der Waals surface area contributed by atoms with E-state index in [0.29, 0.717) is 0 Å². The molecule has 0 bridgehead atoms. The summed E-state index contributed by atoms with van der Waals surface area (Å²) < 4.78 is 5.03. The Balaban J connectivity index is 0.00000197. The van der Waals surface area contributed by atoms with Crippen molar-refractivity contribution >= 4 is 64.7 Å². The first-order chi connectivity index (χ1) is 26.2. The largest absolute Gasteiger partial charge is 0.311 e. The SMILES string of the molecule is C/C=C\C(=C/C)N(c1ccc(-c2ccc(-n3c4ccccc4c4ccccc43)cc2)cc1)c1ccc(-c2cccc3c2sc2ccccc23)cc1.CC. The molecule has 0 aliphatic carbocycles. The molecule has 2 aromatic heterocycles. The molecule has 9 rings (SSSR count). The number of hydrogen-bond acceptors (Lipinski definition) is 2. The van der Waals surface area contributed by atoms with Crippen LogP contribution in [0.2, 0.25) is 0 Å². The zero-order valence-electron chi connectivity index (χ0n) is 30.6. The lowest BCUT2D eigenvalue weighted by atomic mass is 10.0. The van der Waals surface area contributed by atoms with Gasteiger partial charge in [-0.1, -0.05) is 135 Å². The van der Waals surface area contributed by atoms with Crippen LogP contribution in [0.15, 0.2) is 188 Å². The first-order valence-corrected chi connectivity index (χ1v) is 19.3. The number of hydrogen-bond donors (Lipinski definition) is 0. The monoisotopic (exact) mass is 702 g/mol. The number of allylic oxidation sites excluding steroid dienone is 3.